The largest absolute Gasteiger partial charge is 0.492 e. The van der Waals surface area contributed by atoms with Crippen LogP contribution in [0.2, 0.25) is 0 Å². The number of unbranched alkanes of at least 4 members (excludes halogenated alkanes) is 3. The average Bonchev–Trinajstić information content (AvgIpc) is 3.32. The van der Waals surface area contributed by atoms with Gasteiger partial charge in [-0.3, -0.25) is 0 Å². The number of benzene rings is 1. The molecule has 14 heteroatoms. The van der Waals surface area contributed by atoms with Gasteiger partial charge < -0.3 is 19.1 Å². The molecule has 1 aromatic rings. The Balaban J connectivity index is 1.27. The van der Waals surface area contributed by atoms with Crippen LogP contribution in [0.4, 0.5) is 39.5 Å². The van der Waals surface area contributed by atoms with Gasteiger partial charge in [-0.2, -0.15) is 39.5 Å². The Morgan fingerprint density at radius 2 is 1.50 bits per heavy atom. The van der Waals surface area contributed by atoms with Crippen LogP contribution in [0.5, 0.6) is 5.75 Å². The number of alkyl halides is 10. The van der Waals surface area contributed by atoms with Crippen molar-refractivity contribution in [2.45, 2.75) is 114 Å². The minimum atomic E-state index is -6.73. The van der Waals surface area contributed by atoms with Crippen LogP contribution in [-0.4, -0.2) is 80.4 Å². The van der Waals surface area contributed by atoms with E-state index in [1.54, 1.807) is 0 Å². The fourth-order valence-electron chi connectivity index (χ4n) is 8.37. The molecular weight excluding hydrogens is 721 g/mol. The molecule has 2 saturated carbocycles. The van der Waals surface area contributed by atoms with E-state index in [9.17, 15) is 39.5 Å². The van der Waals surface area contributed by atoms with E-state index >= 15 is 0 Å². The first-order valence-corrected chi connectivity index (χ1v) is 18.0. The van der Waals surface area contributed by atoms with E-state index in [-0.39, 0.29) is 18.1 Å². The number of hydrogen-bond donors (Lipinski definition) is 0. The van der Waals surface area contributed by atoms with E-state index in [0.717, 1.165) is 56.3 Å². The van der Waals surface area contributed by atoms with Gasteiger partial charge in [0.25, 0.3) is 0 Å². The van der Waals surface area contributed by atoms with Crippen LogP contribution in [0.25, 0.3) is 0 Å². The molecule has 4 nitrogen and oxygen atoms in total. The Kier molecular flexibility index (Phi) is 13.2. The van der Waals surface area contributed by atoms with Crippen LogP contribution in [-0.2, 0) is 15.9 Å². The summed E-state index contributed by atoms with van der Waals surface area (Å²) in [6.07, 6.45) is -11.0. The highest BCUT2D eigenvalue weighted by Crippen LogP contribution is 2.62. The van der Waals surface area contributed by atoms with Crippen molar-refractivity contribution in [3.8, 4) is 5.75 Å². The summed E-state index contributed by atoms with van der Waals surface area (Å²) in [5.41, 5.74) is -3.85. The number of ether oxygens (including phenoxy) is 3. The summed E-state index contributed by atoms with van der Waals surface area (Å²) in [7, 11) is 2.11. The van der Waals surface area contributed by atoms with Crippen LogP contribution in [0.15, 0.2) is 18.2 Å². The van der Waals surface area contributed by atoms with Crippen molar-refractivity contribution in [3.05, 3.63) is 29.3 Å². The maximum Gasteiger partial charge on any atom is 0.435 e. The summed E-state index contributed by atoms with van der Waals surface area (Å²) in [4.78, 5) is 2.29. The summed E-state index contributed by atoms with van der Waals surface area (Å²) in [6, 6.07) is 6.39. The fraction of sp³-hybridized carbons (Fsp3) is 0.824. The topological polar surface area (TPSA) is 30.9 Å². The number of fused-ring (bicyclic) bond motifs is 5. The van der Waals surface area contributed by atoms with Gasteiger partial charge in [0, 0.05) is 18.5 Å². The summed E-state index contributed by atoms with van der Waals surface area (Å²) in [6.45, 7) is 2.93. The lowest BCUT2D eigenvalue weighted by atomic mass is 9.55. The summed E-state index contributed by atoms with van der Waals surface area (Å²) < 4.78 is 134. The molecule has 0 heterocycles. The lowest BCUT2D eigenvalue weighted by Gasteiger charge is -2.50. The van der Waals surface area contributed by atoms with Gasteiger partial charge in [0.2, 0.25) is 0 Å². The highest BCUT2D eigenvalue weighted by atomic mass is 79.9. The maximum atomic E-state index is 13.1. The van der Waals surface area contributed by atoms with E-state index in [1.165, 1.54) is 36.8 Å². The molecular formula is C34H47BrF9NO3. The number of hydrogen-bond acceptors (Lipinski definition) is 4. The fourth-order valence-corrected chi connectivity index (χ4v) is 8.77. The van der Waals surface area contributed by atoms with Crippen molar-refractivity contribution >= 4 is 15.9 Å². The number of aryl methyl sites for hydroxylation is 1. The second-order valence-electron chi connectivity index (χ2n) is 13.9. The summed E-state index contributed by atoms with van der Waals surface area (Å²) >= 11 is 3.46. The van der Waals surface area contributed by atoms with Crippen LogP contribution >= 0.6 is 15.9 Å². The molecule has 0 amide bonds. The van der Waals surface area contributed by atoms with E-state index in [1.807, 2.05) is 6.07 Å². The molecule has 0 saturated heterocycles. The minimum Gasteiger partial charge on any atom is -0.492 e. The van der Waals surface area contributed by atoms with Gasteiger partial charge in [-0.05, 0) is 118 Å². The molecule has 2 fully saturated rings. The number of likely N-dealkylation sites (N-methyl/N-ethyl adjacent to an activating group) is 1. The summed E-state index contributed by atoms with van der Waals surface area (Å²) in [5, 5.41) is 1.05. The van der Waals surface area contributed by atoms with Crippen molar-refractivity contribution in [3.63, 3.8) is 0 Å². The van der Waals surface area contributed by atoms with Crippen molar-refractivity contribution in [1.82, 2.24) is 4.90 Å². The molecule has 48 heavy (non-hydrogen) atoms. The lowest BCUT2D eigenvalue weighted by Crippen LogP contribution is -2.67. The zero-order valence-electron chi connectivity index (χ0n) is 27.5. The number of halogens is 10. The second-order valence-corrected chi connectivity index (χ2v) is 14.7. The van der Waals surface area contributed by atoms with E-state index in [2.05, 4.69) is 51.7 Å². The molecule has 4 rings (SSSR count). The van der Waals surface area contributed by atoms with Crippen molar-refractivity contribution in [2.24, 2.45) is 17.3 Å². The minimum absolute atomic E-state index is 0.240. The van der Waals surface area contributed by atoms with Crippen molar-refractivity contribution in [2.75, 3.05) is 45.3 Å². The summed E-state index contributed by atoms with van der Waals surface area (Å²) in [5.74, 6) is 1.98. The average molecular weight is 769 g/mol. The molecule has 0 radical (unpaired) electrons. The molecule has 0 bridgehead atoms. The van der Waals surface area contributed by atoms with Gasteiger partial charge in [0.05, 0.1) is 12.7 Å². The molecule has 0 aliphatic heterocycles. The standard InChI is InChI=1S/C34H47BrF9NO3/c1-30-15-14-26-25-11-9-24(46-21-18-45(2)17-6-4-3-5-16-35)22-23(25)8-10-27(26)28(30)12-13-29(30)47-19-7-20-48-31(32(36,37)38,33(39,40)41)34(42,43)44/h9,11,22,26-29H,3-8,10,12-21H2,1-2H3/t26-,27?,28+,29+,30+/m1/s1. The first kappa shape index (κ1) is 39.5. The van der Waals surface area contributed by atoms with Crippen molar-refractivity contribution in [1.29, 1.82) is 0 Å². The van der Waals surface area contributed by atoms with Gasteiger partial charge in [-0.25, -0.2) is 0 Å². The molecule has 3 aliphatic rings. The van der Waals surface area contributed by atoms with Gasteiger partial charge in [0.15, 0.2) is 0 Å². The third-order valence-corrected chi connectivity index (χ3v) is 11.5. The lowest BCUT2D eigenvalue weighted by molar-refractivity contribution is -0.457. The van der Waals surface area contributed by atoms with Crippen LogP contribution in [0, 0.1) is 17.3 Å². The van der Waals surface area contributed by atoms with E-state index in [0.29, 0.717) is 30.8 Å². The predicted octanol–water partition coefficient (Wildman–Crippen LogP) is 10.0. The molecule has 0 aromatic heterocycles. The highest BCUT2D eigenvalue weighted by molar-refractivity contribution is 9.09. The third kappa shape index (κ3) is 8.44. The number of rotatable bonds is 16. The zero-order valence-corrected chi connectivity index (χ0v) is 29.1. The van der Waals surface area contributed by atoms with Crippen LogP contribution < -0.4 is 4.74 Å². The first-order valence-electron chi connectivity index (χ1n) is 16.9. The Morgan fingerprint density at radius 3 is 2.17 bits per heavy atom. The van der Waals surface area contributed by atoms with E-state index < -0.39 is 37.2 Å². The monoisotopic (exact) mass is 767 g/mol. The quantitative estimate of drug-likeness (QED) is 0.0953. The Labute approximate surface area is 285 Å². The maximum absolute atomic E-state index is 13.1. The molecule has 0 N–H and O–H groups in total. The molecule has 5 atom stereocenters. The van der Waals surface area contributed by atoms with Gasteiger partial charge in [-0.15, -0.1) is 0 Å². The van der Waals surface area contributed by atoms with Crippen LogP contribution in [0.3, 0.4) is 0 Å². The Hall–Kier alpha value is -1.25. The molecule has 276 valence electrons. The highest BCUT2D eigenvalue weighted by Gasteiger charge is 2.85. The van der Waals surface area contributed by atoms with Gasteiger partial charge in [-0.1, -0.05) is 41.8 Å². The molecule has 0 spiro atoms. The van der Waals surface area contributed by atoms with Crippen molar-refractivity contribution < 1.29 is 53.7 Å². The van der Waals surface area contributed by atoms with Gasteiger partial charge >= 0.3 is 24.1 Å². The molecule has 1 aromatic carbocycles. The van der Waals surface area contributed by atoms with Crippen LogP contribution in [0.1, 0.15) is 88.2 Å². The van der Waals surface area contributed by atoms with E-state index in [4.69, 9.17) is 9.47 Å². The number of nitrogens with zero attached hydrogens (tertiary/aromatic N) is 1. The predicted molar refractivity (Wildman–Crippen MR) is 168 cm³/mol. The molecule has 3 aliphatic carbocycles. The Morgan fingerprint density at radius 1 is 0.812 bits per heavy atom. The van der Waals surface area contributed by atoms with Gasteiger partial charge in [0.1, 0.15) is 12.4 Å². The smallest absolute Gasteiger partial charge is 0.435 e. The molecule has 1 unspecified atom stereocenters. The first-order chi connectivity index (χ1) is 22.5. The SMILES string of the molecule is CN(CCCCCCBr)CCOc1ccc2c(c1)CCC1[C@@H]2CC[C@]2(C)[C@@H](OCCCOC(C(F)(F)F)(C(F)(F)F)C(F)(F)F)CC[C@@H]12. The normalized spacial score (nSPS) is 26.4. The zero-order chi connectivity index (χ0) is 35.4. The second kappa shape index (κ2) is 16.0. The third-order valence-electron chi connectivity index (χ3n) is 10.9. The Bertz CT molecular complexity index is 1140.